The van der Waals surface area contributed by atoms with E-state index in [9.17, 15) is 23.1 Å². The molecule has 10 heteroatoms. The summed E-state index contributed by atoms with van der Waals surface area (Å²) in [6.45, 7) is -0.0350. The Morgan fingerprint density at radius 1 is 1.03 bits per heavy atom. The van der Waals surface area contributed by atoms with Gasteiger partial charge in [-0.3, -0.25) is 14.6 Å². The minimum atomic E-state index is -4.06. The van der Waals surface area contributed by atoms with Crippen LogP contribution in [0.4, 0.5) is 0 Å². The topological polar surface area (TPSA) is 126 Å². The fraction of sp³-hybridized carbons (Fsp3) is 0.240. The van der Waals surface area contributed by atoms with Crippen molar-refractivity contribution in [2.45, 2.75) is 29.8 Å². The second kappa shape index (κ2) is 10.2. The van der Waals surface area contributed by atoms with Crippen LogP contribution >= 0.6 is 0 Å². The molecule has 1 aromatic heterocycles. The molecule has 0 spiro atoms. The van der Waals surface area contributed by atoms with E-state index in [0.29, 0.717) is 5.75 Å². The SMILES string of the molecule is COc1ccc(-c2ccc(S(=O)(=O)N3CC[C@@H](NC(=O)c4ccccn4)C[C@@H]3C(=O)O)cc2)cc1. The van der Waals surface area contributed by atoms with E-state index >= 15 is 0 Å². The molecule has 1 aliphatic heterocycles. The maximum atomic E-state index is 13.3. The van der Waals surface area contributed by atoms with E-state index in [0.717, 1.165) is 15.4 Å². The Labute approximate surface area is 203 Å². The summed E-state index contributed by atoms with van der Waals surface area (Å²) < 4.78 is 32.8. The largest absolute Gasteiger partial charge is 0.497 e. The second-order valence-electron chi connectivity index (χ2n) is 8.13. The average molecular weight is 496 g/mol. The number of rotatable bonds is 7. The summed E-state index contributed by atoms with van der Waals surface area (Å²) in [5.74, 6) is -0.974. The summed E-state index contributed by atoms with van der Waals surface area (Å²) in [4.78, 5) is 28.4. The number of hydrogen-bond donors (Lipinski definition) is 2. The molecule has 0 unspecified atom stereocenters. The van der Waals surface area contributed by atoms with Crippen LogP contribution in [-0.2, 0) is 14.8 Å². The molecule has 182 valence electrons. The van der Waals surface area contributed by atoms with Gasteiger partial charge in [-0.05, 0) is 60.4 Å². The molecule has 1 saturated heterocycles. The number of amides is 1. The van der Waals surface area contributed by atoms with E-state index in [1.807, 2.05) is 24.3 Å². The lowest BCUT2D eigenvalue weighted by Crippen LogP contribution is -2.54. The van der Waals surface area contributed by atoms with Crippen LogP contribution in [0, 0.1) is 0 Å². The summed E-state index contributed by atoms with van der Waals surface area (Å²) in [5, 5.41) is 12.6. The van der Waals surface area contributed by atoms with E-state index in [4.69, 9.17) is 4.74 Å². The third kappa shape index (κ3) is 5.33. The van der Waals surface area contributed by atoms with Gasteiger partial charge in [0.2, 0.25) is 10.0 Å². The quantitative estimate of drug-likeness (QED) is 0.516. The number of piperidine rings is 1. The number of nitrogens with zero attached hydrogens (tertiary/aromatic N) is 2. The fourth-order valence-electron chi connectivity index (χ4n) is 4.08. The number of methoxy groups -OCH3 is 1. The molecule has 4 rings (SSSR count). The number of carboxylic acids is 1. The molecule has 2 N–H and O–H groups in total. The number of pyridine rings is 1. The van der Waals surface area contributed by atoms with Gasteiger partial charge in [0.25, 0.3) is 5.91 Å². The first-order valence-corrected chi connectivity index (χ1v) is 12.4. The Morgan fingerprint density at radius 2 is 1.69 bits per heavy atom. The number of aliphatic carboxylic acids is 1. The van der Waals surface area contributed by atoms with Crippen LogP contribution in [0.15, 0.2) is 77.8 Å². The van der Waals surface area contributed by atoms with E-state index in [-0.39, 0.29) is 30.0 Å². The molecule has 0 bridgehead atoms. The number of hydrogen-bond acceptors (Lipinski definition) is 6. The summed E-state index contributed by atoms with van der Waals surface area (Å²) in [6.07, 6.45) is 1.73. The van der Waals surface area contributed by atoms with E-state index in [1.54, 1.807) is 37.4 Å². The van der Waals surface area contributed by atoms with Crippen LogP contribution in [0.2, 0.25) is 0 Å². The predicted octanol–water partition coefficient (Wildman–Crippen LogP) is 2.79. The minimum absolute atomic E-state index is 0.0111. The molecule has 9 nitrogen and oxygen atoms in total. The molecule has 0 saturated carbocycles. The van der Waals surface area contributed by atoms with Crippen molar-refractivity contribution in [3.05, 3.63) is 78.6 Å². The van der Waals surface area contributed by atoms with Crippen molar-refractivity contribution in [2.24, 2.45) is 0 Å². The monoisotopic (exact) mass is 495 g/mol. The van der Waals surface area contributed by atoms with Gasteiger partial charge < -0.3 is 15.2 Å². The highest BCUT2D eigenvalue weighted by molar-refractivity contribution is 7.89. The number of sulfonamides is 1. The number of carboxylic acid groups (broad SMARTS) is 1. The summed E-state index contributed by atoms with van der Waals surface area (Å²) >= 11 is 0. The van der Waals surface area contributed by atoms with Crippen molar-refractivity contribution in [1.82, 2.24) is 14.6 Å². The normalized spacial score (nSPS) is 18.5. The number of ether oxygens (including phenoxy) is 1. The van der Waals surface area contributed by atoms with Gasteiger partial charge in [0.15, 0.2) is 0 Å². The van der Waals surface area contributed by atoms with Gasteiger partial charge in [-0.15, -0.1) is 0 Å². The molecule has 3 aromatic rings. The zero-order valence-electron chi connectivity index (χ0n) is 19.0. The average Bonchev–Trinajstić information content (AvgIpc) is 2.89. The zero-order valence-corrected chi connectivity index (χ0v) is 19.8. The fourth-order valence-corrected chi connectivity index (χ4v) is 5.69. The third-order valence-electron chi connectivity index (χ3n) is 5.96. The van der Waals surface area contributed by atoms with E-state index in [2.05, 4.69) is 10.3 Å². The molecule has 2 atom stereocenters. The molecule has 0 aliphatic carbocycles. The zero-order chi connectivity index (χ0) is 25.0. The highest BCUT2D eigenvalue weighted by Gasteiger charge is 2.41. The summed E-state index contributed by atoms with van der Waals surface area (Å²) in [7, 11) is -2.48. The highest BCUT2D eigenvalue weighted by Crippen LogP contribution is 2.28. The first-order valence-electron chi connectivity index (χ1n) is 11.0. The molecule has 1 fully saturated rings. The molecular weight excluding hydrogens is 470 g/mol. The number of carbonyl (C=O) groups excluding carboxylic acids is 1. The molecule has 2 aromatic carbocycles. The van der Waals surface area contributed by atoms with Gasteiger partial charge >= 0.3 is 5.97 Å². The van der Waals surface area contributed by atoms with Crippen LogP contribution in [0.3, 0.4) is 0 Å². The highest BCUT2D eigenvalue weighted by atomic mass is 32.2. The van der Waals surface area contributed by atoms with Gasteiger partial charge in [0.1, 0.15) is 17.5 Å². The Balaban J connectivity index is 1.49. The van der Waals surface area contributed by atoms with Crippen molar-refractivity contribution in [1.29, 1.82) is 0 Å². The van der Waals surface area contributed by atoms with Crippen LogP contribution in [-0.4, -0.2) is 60.4 Å². The number of benzene rings is 2. The lowest BCUT2D eigenvalue weighted by Gasteiger charge is -2.36. The third-order valence-corrected chi connectivity index (χ3v) is 7.88. The first kappa shape index (κ1) is 24.4. The lowest BCUT2D eigenvalue weighted by atomic mass is 9.99. The maximum Gasteiger partial charge on any atom is 0.322 e. The lowest BCUT2D eigenvalue weighted by molar-refractivity contribution is -0.142. The summed E-state index contributed by atoms with van der Waals surface area (Å²) in [5.41, 5.74) is 1.92. The van der Waals surface area contributed by atoms with E-state index in [1.165, 1.54) is 18.3 Å². The number of nitrogens with one attached hydrogen (secondary N) is 1. The summed E-state index contributed by atoms with van der Waals surface area (Å²) in [6, 6.07) is 16.8. The van der Waals surface area contributed by atoms with E-state index < -0.39 is 34.0 Å². The van der Waals surface area contributed by atoms with Gasteiger partial charge in [-0.2, -0.15) is 4.31 Å². The van der Waals surface area contributed by atoms with Crippen molar-refractivity contribution < 1.29 is 27.9 Å². The van der Waals surface area contributed by atoms with Crippen molar-refractivity contribution >= 4 is 21.9 Å². The minimum Gasteiger partial charge on any atom is -0.497 e. The molecule has 2 heterocycles. The Bertz CT molecular complexity index is 1300. The maximum absolute atomic E-state index is 13.3. The number of aromatic nitrogens is 1. The van der Waals surface area contributed by atoms with Gasteiger partial charge in [-0.25, -0.2) is 8.42 Å². The van der Waals surface area contributed by atoms with Crippen LogP contribution in [0.1, 0.15) is 23.3 Å². The molecule has 1 aliphatic rings. The number of carbonyl (C=O) groups is 2. The Kier molecular flexibility index (Phi) is 7.13. The van der Waals surface area contributed by atoms with Crippen molar-refractivity contribution in [2.75, 3.05) is 13.7 Å². The Hall–Kier alpha value is -3.76. The van der Waals surface area contributed by atoms with Crippen LogP contribution in [0.5, 0.6) is 5.75 Å². The molecular formula is C25H25N3O6S. The molecule has 1 amide bonds. The Morgan fingerprint density at radius 3 is 2.26 bits per heavy atom. The first-order chi connectivity index (χ1) is 16.8. The van der Waals surface area contributed by atoms with Gasteiger partial charge in [0.05, 0.1) is 12.0 Å². The van der Waals surface area contributed by atoms with Gasteiger partial charge in [-0.1, -0.05) is 30.3 Å². The standard InChI is InChI=1S/C25H25N3O6S/c1-34-20-9-5-17(6-10-20)18-7-11-21(12-8-18)35(32,33)28-15-13-19(16-23(28)25(30)31)27-24(29)22-4-2-3-14-26-22/h2-12,14,19,23H,13,15-16H2,1H3,(H,27,29)(H,30,31)/t19-,23-/m1/s1. The van der Waals surface area contributed by atoms with Crippen LogP contribution < -0.4 is 10.1 Å². The van der Waals surface area contributed by atoms with Gasteiger partial charge in [0, 0.05) is 18.8 Å². The van der Waals surface area contributed by atoms with Crippen molar-refractivity contribution in [3.63, 3.8) is 0 Å². The predicted molar refractivity (Wildman–Crippen MR) is 128 cm³/mol. The van der Waals surface area contributed by atoms with Crippen LogP contribution in [0.25, 0.3) is 11.1 Å². The van der Waals surface area contributed by atoms with Crippen molar-refractivity contribution in [3.8, 4) is 16.9 Å². The molecule has 35 heavy (non-hydrogen) atoms. The second-order valence-corrected chi connectivity index (χ2v) is 10.0. The molecule has 0 radical (unpaired) electrons. The smallest absolute Gasteiger partial charge is 0.322 e.